The molecule has 0 radical (unpaired) electrons. The van der Waals surface area contributed by atoms with Crippen molar-refractivity contribution < 1.29 is 19.2 Å². The summed E-state index contributed by atoms with van der Waals surface area (Å²) in [6, 6.07) is 4.62. The van der Waals surface area contributed by atoms with E-state index in [2.05, 4.69) is 15.5 Å². The van der Waals surface area contributed by atoms with Crippen molar-refractivity contribution in [1.82, 2.24) is 15.5 Å². The molecule has 0 aliphatic carbocycles. The van der Waals surface area contributed by atoms with Gasteiger partial charge < -0.3 is 10.2 Å². The maximum absolute atomic E-state index is 13.3. The topological polar surface area (TPSA) is 98.8 Å². The molecule has 0 aromatic heterocycles. The van der Waals surface area contributed by atoms with Crippen molar-refractivity contribution in [3.8, 4) is 0 Å². The number of benzene rings is 1. The lowest BCUT2D eigenvalue weighted by Gasteiger charge is -2.38. The molecule has 2 atom stereocenters. The molecule has 4 rings (SSSR count). The molecule has 3 aliphatic heterocycles. The number of nitrogens with one attached hydrogen (secondary N) is 2. The van der Waals surface area contributed by atoms with Crippen molar-refractivity contribution in [3.05, 3.63) is 29.3 Å². The van der Waals surface area contributed by atoms with Crippen LogP contribution in [-0.4, -0.2) is 60.7 Å². The molecule has 1 aromatic rings. The number of anilines is 1. The summed E-state index contributed by atoms with van der Waals surface area (Å²) in [7, 11) is 1.90. The summed E-state index contributed by atoms with van der Waals surface area (Å²) in [5.41, 5.74) is 1.46. The van der Waals surface area contributed by atoms with Gasteiger partial charge in [-0.05, 0) is 44.9 Å². The molecule has 2 saturated heterocycles. The van der Waals surface area contributed by atoms with Crippen LogP contribution in [0.5, 0.6) is 0 Å². The Morgan fingerprint density at radius 3 is 2.68 bits per heavy atom. The fraction of sp³-hybridized carbons (Fsp3) is 0.500. The number of carbonyl (C=O) groups is 4. The Morgan fingerprint density at radius 2 is 1.93 bits per heavy atom. The third kappa shape index (κ3) is 2.97. The van der Waals surface area contributed by atoms with Crippen LogP contribution >= 0.6 is 0 Å². The van der Waals surface area contributed by atoms with Gasteiger partial charge in [-0.3, -0.25) is 29.4 Å². The normalized spacial score (nSPS) is 25.2. The Hall–Kier alpha value is -2.74. The molecule has 3 aliphatic rings. The van der Waals surface area contributed by atoms with Crippen LogP contribution < -0.4 is 15.5 Å². The molecule has 2 N–H and O–H groups in total. The Morgan fingerprint density at radius 1 is 1.11 bits per heavy atom. The highest BCUT2D eigenvalue weighted by Crippen LogP contribution is 2.36. The lowest BCUT2D eigenvalue weighted by molar-refractivity contribution is -0.136. The maximum Gasteiger partial charge on any atom is 0.264 e. The van der Waals surface area contributed by atoms with Crippen molar-refractivity contribution >= 4 is 29.3 Å². The Bertz CT molecular complexity index is 851. The molecular weight excluding hydrogens is 360 g/mol. The van der Waals surface area contributed by atoms with Crippen molar-refractivity contribution in [2.75, 3.05) is 25.0 Å². The van der Waals surface area contributed by atoms with Crippen molar-refractivity contribution in [2.24, 2.45) is 0 Å². The van der Waals surface area contributed by atoms with E-state index in [1.807, 2.05) is 13.1 Å². The van der Waals surface area contributed by atoms with Gasteiger partial charge in [-0.25, -0.2) is 0 Å². The Balaban J connectivity index is 1.70. The van der Waals surface area contributed by atoms with Crippen LogP contribution in [0.4, 0.5) is 5.69 Å². The summed E-state index contributed by atoms with van der Waals surface area (Å²) < 4.78 is 0. The summed E-state index contributed by atoms with van der Waals surface area (Å²) in [6.45, 7) is 1.62. The fourth-order valence-corrected chi connectivity index (χ4v) is 4.50. The highest BCUT2D eigenvalue weighted by atomic mass is 16.2. The molecule has 148 valence electrons. The lowest BCUT2D eigenvalue weighted by atomic mass is 9.98. The minimum absolute atomic E-state index is 0.118. The zero-order valence-corrected chi connectivity index (χ0v) is 15.9. The van der Waals surface area contributed by atoms with Crippen molar-refractivity contribution in [1.29, 1.82) is 0 Å². The first-order valence-corrected chi connectivity index (χ1v) is 9.78. The standard InChI is InChI=1S/C20H24N4O4/c1-21-11-12-5-2-3-10-23(12)14-7-4-6-13-17(14)20(28)24(19(13)27)15-8-9-16(25)22-18(15)26/h4,6-7,12,15,21H,2-3,5,8-11H2,1H3,(H,22,25,26)/t12-,15?/m0/s1. The zero-order chi connectivity index (χ0) is 19.8. The van der Waals surface area contributed by atoms with Gasteiger partial charge in [-0.1, -0.05) is 6.07 Å². The lowest BCUT2D eigenvalue weighted by Crippen LogP contribution is -2.54. The van der Waals surface area contributed by atoms with Crippen LogP contribution in [0.2, 0.25) is 0 Å². The highest BCUT2D eigenvalue weighted by molar-refractivity contribution is 6.25. The average Bonchev–Trinajstić information content (AvgIpc) is 2.94. The molecule has 1 unspecified atom stereocenters. The largest absolute Gasteiger partial charge is 0.367 e. The van der Waals surface area contributed by atoms with E-state index in [4.69, 9.17) is 0 Å². The second-order valence-electron chi connectivity index (χ2n) is 7.55. The van der Waals surface area contributed by atoms with Gasteiger partial charge in [0.05, 0.1) is 16.8 Å². The smallest absolute Gasteiger partial charge is 0.264 e. The molecule has 28 heavy (non-hydrogen) atoms. The van der Waals surface area contributed by atoms with Crippen LogP contribution in [0.15, 0.2) is 18.2 Å². The monoisotopic (exact) mass is 384 g/mol. The summed E-state index contributed by atoms with van der Waals surface area (Å²) in [5, 5.41) is 5.44. The molecule has 4 amide bonds. The molecular formula is C20H24N4O4. The molecule has 8 heteroatoms. The number of piperidine rings is 2. The number of hydrogen-bond acceptors (Lipinski definition) is 6. The first-order chi connectivity index (χ1) is 13.5. The highest BCUT2D eigenvalue weighted by Gasteiger charge is 2.46. The van der Waals surface area contributed by atoms with Gasteiger partial charge in [0, 0.05) is 25.6 Å². The fourth-order valence-electron chi connectivity index (χ4n) is 4.50. The molecule has 1 aromatic carbocycles. The first kappa shape index (κ1) is 18.6. The minimum atomic E-state index is -0.938. The summed E-state index contributed by atoms with van der Waals surface area (Å²) in [6.07, 6.45) is 3.46. The second kappa shape index (κ2) is 7.35. The van der Waals surface area contributed by atoms with Gasteiger partial charge in [0.25, 0.3) is 11.8 Å². The molecule has 0 bridgehead atoms. The van der Waals surface area contributed by atoms with Crippen molar-refractivity contribution in [2.45, 2.75) is 44.2 Å². The molecule has 0 saturated carbocycles. The van der Waals surface area contributed by atoms with Gasteiger partial charge in [0.2, 0.25) is 11.8 Å². The van der Waals surface area contributed by atoms with Gasteiger partial charge in [-0.15, -0.1) is 0 Å². The van der Waals surface area contributed by atoms with Crippen LogP contribution in [0.1, 0.15) is 52.8 Å². The van der Waals surface area contributed by atoms with Gasteiger partial charge in [0.15, 0.2) is 0 Å². The summed E-state index contributed by atoms with van der Waals surface area (Å²) in [5.74, 6) is -1.86. The number of likely N-dealkylation sites (N-methyl/N-ethyl adjacent to an activating group) is 1. The number of nitrogens with zero attached hydrogens (tertiary/aromatic N) is 2. The van der Waals surface area contributed by atoms with Gasteiger partial charge in [0.1, 0.15) is 6.04 Å². The van der Waals surface area contributed by atoms with E-state index >= 15 is 0 Å². The van der Waals surface area contributed by atoms with Crippen LogP contribution in [0.3, 0.4) is 0 Å². The maximum atomic E-state index is 13.3. The Kier molecular flexibility index (Phi) is 4.89. The van der Waals surface area contributed by atoms with Gasteiger partial charge in [-0.2, -0.15) is 0 Å². The van der Waals surface area contributed by atoms with E-state index in [1.165, 1.54) is 0 Å². The molecule has 2 fully saturated rings. The van der Waals surface area contributed by atoms with E-state index in [0.29, 0.717) is 11.1 Å². The van der Waals surface area contributed by atoms with Crippen LogP contribution in [-0.2, 0) is 9.59 Å². The van der Waals surface area contributed by atoms with Crippen LogP contribution in [0.25, 0.3) is 0 Å². The quantitative estimate of drug-likeness (QED) is 0.741. The number of imide groups is 2. The zero-order valence-electron chi connectivity index (χ0n) is 15.9. The van der Waals surface area contributed by atoms with E-state index < -0.39 is 23.8 Å². The SMILES string of the molecule is CNC[C@@H]1CCCCN1c1cccc2c1C(=O)N(C1CCC(=O)NC1=O)C2=O. The average molecular weight is 384 g/mol. The minimum Gasteiger partial charge on any atom is -0.367 e. The predicted molar refractivity (Wildman–Crippen MR) is 102 cm³/mol. The second-order valence-corrected chi connectivity index (χ2v) is 7.55. The summed E-state index contributed by atoms with van der Waals surface area (Å²) >= 11 is 0. The number of hydrogen-bond donors (Lipinski definition) is 2. The predicted octanol–water partition coefficient (Wildman–Crippen LogP) is 0.666. The van der Waals surface area contributed by atoms with E-state index in [1.54, 1.807) is 12.1 Å². The summed E-state index contributed by atoms with van der Waals surface area (Å²) in [4.78, 5) is 53.2. The first-order valence-electron chi connectivity index (χ1n) is 9.78. The number of fused-ring (bicyclic) bond motifs is 1. The van der Waals surface area contributed by atoms with Gasteiger partial charge >= 0.3 is 0 Å². The van der Waals surface area contributed by atoms with E-state index in [9.17, 15) is 19.2 Å². The van der Waals surface area contributed by atoms with Crippen LogP contribution in [0, 0.1) is 0 Å². The molecule has 3 heterocycles. The van der Waals surface area contributed by atoms with Crippen molar-refractivity contribution in [3.63, 3.8) is 0 Å². The molecule has 8 nitrogen and oxygen atoms in total. The van der Waals surface area contributed by atoms with E-state index in [0.717, 1.165) is 42.9 Å². The molecule has 0 spiro atoms. The number of amides is 4. The third-order valence-corrected chi connectivity index (χ3v) is 5.82. The number of carbonyl (C=O) groups excluding carboxylic acids is 4. The number of rotatable bonds is 4. The third-order valence-electron chi connectivity index (χ3n) is 5.82. The Labute approximate surface area is 163 Å². The van der Waals surface area contributed by atoms with E-state index in [-0.39, 0.29) is 24.8 Å².